The fraction of sp³-hybridized carbons (Fsp3) is 0.500. The quantitative estimate of drug-likeness (QED) is 0.122. The van der Waals surface area contributed by atoms with Gasteiger partial charge in [0.25, 0.3) is 0 Å². The SMILES string of the molecule is CCC(C)C(NC(=O)C(N)Cc1ccc(O)cc1)C(=O)NC(CC(N)=O)C(=O)NC(CCC(=O)O)C(=O)O. The first-order valence-electron chi connectivity index (χ1n) is 11.9. The van der Waals surface area contributed by atoms with Crippen LogP contribution in [0.25, 0.3) is 0 Å². The van der Waals surface area contributed by atoms with E-state index in [2.05, 4.69) is 16.0 Å². The number of nitrogens with two attached hydrogens (primary N) is 2. The van der Waals surface area contributed by atoms with E-state index in [1.54, 1.807) is 26.0 Å². The van der Waals surface area contributed by atoms with Crippen molar-refractivity contribution in [3.63, 3.8) is 0 Å². The maximum absolute atomic E-state index is 13.1. The molecule has 4 amide bonds. The summed E-state index contributed by atoms with van der Waals surface area (Å²) in [5, 5.41) is 34.5. The molecule has 0 heterocycles. The Morgan fingerprint density at radius 2 is 1.47 bits per heavy atom. The smallest absolute Gasteiger partial charge is 0.326 e. The molecule has 5 unspecified atom stereocenters. The van der Waals surface area contributed by atoms with Crippen LogP contribution in [0.1, 0.15) is 45.1 Å². The average molecular weight is 538 g/mol. The molecule has 14 nitrogen and oxygen atoms in total. The Morgan fingerprint density at radius 1 is 0.895 bits per heavy atom. The highest BCUT2D eigenvalue weighted by molar-refractivity contribution is 5.96. The van der Waals surface area contributed by atoms with Crippen molar-refractivity contribution in [3.05, 3.63) is 29.8 Å². The van der Waals surface area contributed by atoms with E-state index < -0.39 is 84.9 Å². The summed E-state index contributed by atoms with van der Waals surface area (Å²) in [6.07, 6.45) is -1.10. The standard InChI is InChI=1S/C24H35N5O9/c1-3-12(2)20(29-21(34)15(25)10-13-4-6-14(30)7-5-13)23(36)28-17(11-18(26)31)22(35)27-16(24(37)38)8-9-19(32)33/h4-7,12,15-17,20,30H,3,8-11,25H2,1-2H3,(H2,26,31)(H,27,35)(H,28,36)(H,29,34)(H,32,33)(H,37,38). The van der Waals surface area contributed by atoms with Crippen molar-refractivity contribution in [1.29, 1.82) is 0 Å². The zero-order valence-corrected chi connectivity index (χ0v) is 21.2. The molecular formula is C24H35N5O9. The molecule has 1 aromatic carbocycles. The summed E-state index contributed by atoms with van der Waals surface area (Å²) in [7, 11) is 0. The van der Waals surface area contributed by atoms with Gasteiger partial charge in [-0.3, -0.25) is 24.0 Å². The van der Waals surface area contributed by atoms with E-state index >= 15 is 0 Å². The lowest BCUT2D eigenvalue weighted by molar-refractivity contribution is -0.143. The molecule has 14 heteroatoms. The van der Waals surface area contributed by atoms with Crippen molar-refractivity contribution < 1.29 is 44.1 Å². The first-order chi connectivity index (χ1) is 17.7. The topological polar surface area (TPSA) is 251 Å². The second kappa shape index (κ2) is 15.1. The third-order valence-corrected chi connectivity index (χ3v) is 5.82. The summed E-state index contributed by atoms with van der Waals surface area (Å²) in [6, 6.07) is 0.684. The molecule has 1 aromatic rings. The fourth-order valence-electron chi connectivity index (χ4n) is 3.41. The molecule has 0 saturated heterocycles. The van der Waals surface area contributed by atoms with Gasteiger partial charge in [-0.1, -0.05) is 32.4 Å². The zero-order valence-electron chi connectivity index (χ0n) is 21.2. The van der Waals surface area contributed by atoms with E-state index in [1.807, 2.05) is 0 Å². The van der Waals surface area contributed by atoms with Crippen molar-refractivity contribution in [2.45, 2.75) is 70.1 Å². The van der Waals surface area contributed by atoms with E-state index in [4.69, 9.17) is 16.6 Å². The Labute approximate surface area is 219 Å². The lowest BCUT2D eigenvalue weighted by atomic mass is 9.96. The van der Waals surface area contributed by atoms with Crippen molar-refractivity contribution in [2.75, 3.05) is 0 Å². The van der Waals surface area contributed by atoms with Crippen molar-refractivity contribution in [1.82, 2.24) is 16.0 Å². The Bertz CT molecular complexity index is 1020. The van der Waals surface area contributed by atoms with Gasteiger partial charge in [0, 0.05) is 6.42 Å². The normalized spacial score (nSPS) is 14.7. The highest BCUT2D eigenvalue weighted by Gasteiger charge is 2.33. The Balaban J connectivity index is 3.00. The van der Waals surface area contributed by atoms with E-state index in [-0.39, 0.29) is 12.2 Å². The first kappa shape index (κ1) is 31.8. The van der Waals surface area contributed by atoms with Crippen LogP contribution in [0.4, 0.5) is 0 Å². The summed E-state index contributed by atoms with van der Waals surface area (Å²) in [4.78, 5) is 72.3. The third kappa shape index (κ3) is 10.8. The molecule has 0 aliphatic carbocycles. The van der Waals surface area contributed by atoms with E-state index in [0.29, 0.717) is 12.0 Å². The number of rotatable bonds is 16. The van der Waals surface area contributed by atoms with Gasteiger partial charge in [-0.15, -0.1) is 0 Å². The number of nitrogens with one attached hydrogen (secondary N) is 3. The molecule has 0 aromatic heterocycles. The monoisotopic (exact) mass is 537 g/mol. The second-order valence-electron chi connectivity index (χ2n) is 8.91. The predicted molar refractivity (Wildman–Crippen MR) is 133 cm³/mol. The number of carboxylic acids is 2. The van der Waals surface area contributed by atoms with Gasteiger partial charge < -0.3 is 42.7 Å². The van der Waals surface area contributed by atoms with Gasteiger partial charge in [-0.05, 0) is 36.5 Å². The molecule has 0 bridgehead atoms. The summed E-state index contributed by atoms with van der Waals surface area (Å²) in [5.74, 6) is -6.68. The fourth-order valence-corrected chi connectivity index (χ4v) is 3.41. The number of carbonyl (C=O) groups is 6. The maximum atomic E-state index is 13.1. The minimum Gasteiger partial charge on any atom is -0.508 e. The van der Waals surface area contributed by atoms with E-state index in [9.17, 15) is 39.0 Å². The number of hydrogen-bond acceptors (Lipinski definition) is 8. The number of carboxylic acid groups (broad SMARTS) is 2. The van der Waals surface area contributed by atoms with Gasteiger partial charge >= 0.3 is 11.9 Å². The summed E-state index contributed by atoms with van der Waals surface area (Å²) >= 11 is 0. The molecule has 0 saturated carbocycles. The molecule has 10 N–H and O–H groups in total. The number of phenolic OH excluding ortho intramolecular Hbond substituents is 1. The molecule has 0 fully saturated rings. The Kier molecular flexibility index (Phi) is 12.7. The van der Waals surface area contributed by atoms with E-state index in [0.717, 1.165) is 0 Å². The average Bonchev–Trinajstić information content (AvgIpc) is 2.84. The van der Waals surface area contributed by atoms with Crippen molar-refractivity contribution in [2.24, 2.45) is 17.4 Å². The minimum absolute atomic E-state index is 0.0476. The number of aliphatic carboxylic acids is 2. The van der Waals surface area contributed by atoms with Crippen LogP contribution in [0.5, 0.6) is 5.75 Å². The van der Waals surface area contributed by atoms with Gasteiger partial charge in [-0.25, -0.2) is 4.79 Å². The molecule has 0 aliphatic rings. The maximum Gasteiger partial charge on any atom is 0.326 e. The minimum atomic E-state index is -1.59. The zero-order chi connectivity index (χ0) is 29.0. The number of phenols is 1. The third-order valence-electron chi connectivity index (χ3n) is 5.82. The predicted octanol–water partition coefficient (Wildman–Crippen LogP) is -1.41. The van der Waals surface area contributed by atoms with Crippen molar-refractivity contribution in [3.8, 4) is 5.75 Å². The van der Waals surface area contributed by atoms with Crippen LogP contribution in [0.2, 0.25) is 0 Å². The van der Waals surface area contributed by atoms with Crippen LogP contribution in [0.3, 0.4) is 0 Å². The van der Waals surface area contributed by atoms with Gasteiger partial charge in [0.05, 0.1) is 12.5 Å². The molecule has 210 valence electrons. The highest BCUT2D eigenvalue weighted by Crippen LogP contribution is 2.13. The summed E-state index contributed by atoms with van der Waals surface area (Å²) in [5.41, 5.74) is 11.9. The number of benzene rings is 1. The van der Waals surface area contributed by atoms with Gasteiger partial charge in [0.1, 0.15) is 23.9 Å². The molecule has 1 rings (SSSR count). The largest absolute Gasteiger partial charge is 0.508 e. The molecular weight excluding hydrogens is 502 g/mol. The number of primary amides is 1. The number of hydrogen-bond donors (Lipinski definition) is 8. The number of aromatic hydroxyl groups is 1. The van der Waals surface area contributed by atoms with Gasteiger partial charge in [0.2, 0.25) is 23.6 Å². The van der Waals surface area contributed by atoms with E-state index in [1.165, 1.54) is 12.1 Å². The van der Waals surface area contributed by atoms with Crippen molar-refractivity contribution >= 4 is 35.6 Å². The molecule has 0 radical (unpaired) electrons. The first-order valence-corrected chi connectivity index (χ1v) is 11.9. The van der Waals surface area contributed by atoms with Crippen LogP contribution in [0, 0.1) is 5.92 Å². The van der Waals surface area contributed by atoms with Crippen LogP contribution >= 0.6 is 0 Å². The molecule has 0 spiro atoms. The van der Waals surface area contributed by atoms with Crippen LogP contribution < -0.4 is 27.4 Å². The lowest BCUT2D eigenvalue weighted by Gasteiger charge is -2.27. The summed E-state index contributed by atoms with van der Waals surface area (Å²) < 4.78 is 0. The molecule has 38 heavy (non-hydrogen) atoms. The number of carbonyl (C=O) groups excluding carboxylic acids is 4. The molecule has 5 atom stereocenters. The van der Waals surface area contributed by atoms with Crippen LogP contribution in [-0.4, -0.2) is 75.1 Å². The highest BCUT2D eigenvalue weighted by atomic mass is 16.4. The molecule has 0 aliphatic heterocycles. The van der Waals surface area contributed by atoms with Crippen LogP contribution in [0.15, 0.2) is 24.3 Å². The second-order valence-corrected chi connectivity index (χ2v) is 8.91. The van der Waals surface area contributed by atoms with Gasteiger partial charge in [0.15, 0.2) is 0 Å². The summed E-state index contributed by atoms with van der Waals surface area (Å²) in [6.45, 7) is 3.44. The number of amides is 4. The Morgan fingerprint density at radius 3 is 1.97 bits per heavy atom. The van der Waals surface area contributed by atoms with Crippen LogP contribution in [-0.2, 0) is 35.2 Å². The lowest BCUT2D eigenvalue weighted by Crippen LogP contribution is -2.59. The Hall–Kier alpha value is -4.20. The van der Waals surface area contributed by atoms with Gasteiger partial charge in [-0.2, -0.15) is 0 Å².